The van der Waals surface area contributed by atoms with Crippen LogP contribution in [0, 0.1) is 11.7 Å². The lowest BCUT2D eigenvalue weighted by Crippen LogP contribution is -2.14. The first kappa shape index (κ1) is 10.6. The maximum atomic E-state index is 12.7. The van der Waals surface area contributed by atoms with Gasteiger partial charge in [0.1, 0.15) is 5.82 Å². The summed E-state index contributed by atoms with van der Waals surface area (Å²) in [5.41, 5.74) is 0.519. The first-order valence-electron chi connectivity index (χ1n) is 5.61. The van der Waals surface area contributed by atoms with E-state index in [1.165, 1.54) is 12.1 Å². The molecule has 1 aliphatic rings. The summed E-state index contributed by atoms with van der Waals surface area (Å²) in [5.74, 6) is 0.235. The molecule has 0 aliphatic heterocycles. The topological polar surface area (TPSA) is 20.2 Å². The highest BCUT2D eigenvalue weighted by atomic mass is 19.1. The molecule has 1 saturated carbocycles. The number of aliphatic hydroxyl groups is 1. The van der Waals surface area contributed by atoms with Crippen LogP contribution in [0.2, 0.25) is 0 Å². The fourth-order valence-electron chi connectivity index (χ4n) is 2.26. The second-order valence-electron chi connectivity index (χ2n) is 4.60. The zero-order valence-electron chi connectivity index (χ0n) is 9.04. The summed E-state index contributed by atoms with van der Waals surface area (Å²) in [7, 11) is 0. The smallest absolute Gasteiger partial charge is 0.123 e. The highest BCUT2D eigenvalue weighted by Crippen LogP contribution is 2.48. The van der Waals surface area contributed by atoms with Gasteiger partial charge >= 0.3 is 0 Å². The van der Waals surface area contributed by atoms with Crippen molar-refractivity contribution < 1.29 is 9.50 Å². The van der Waals surface area contributed by atoms with Crippen LogP contribution in [-0.4, -0.2) is 10.7 Å². The normalized spacial score (nSPS) is 29.1. The highest BCUT2D eigenvalue weighted by molar-refractivity contribution is 5.21. The van der Waals surface area contributed by atoms with Gasteiger partial charge in [-0.25, -0.2) is 4.39 Å². The molecular weight excluding hydrogens is 191 g/mol. The first-order chi connectivity index (χ1) is 7.14. The monoisotopic (exact) mass is 208 g/mol. The molecule has 0 aromatic heterocycles. The number of hydrogen-bond donors (Lipinski definition) is 1. The van der Waals surface area contributed by atoms with E-state index in [-0.39, 0.29) is 5.82 Å². The van der Waals surface area contributed by atoms with Crippen LogP contribution in [0.15, 0.2) is 24.3 Å². The molecule has 0 bridgehead atoms. The van der Waals surface area contributed by atoms with E-state index >= 15 is 0 Å². The molecule has 1 nitrogen and oxygen atoms in total. The van der Waals surface area contributed by atoms with Crippen molar-refractivity contribution in [3.63, 3.8) is 0 Å². The van der Waals surface area contributed by atoms with Crippen LogP contribution >= 0.6 is 0 Å². The standard InChI is InChI=1S/C13H17FO/c1-2-3-11-9-13(11,15)8-10-4-6-12(14)7-5-10/h4-7,11,15H,2-3,8-9H2,1H3. The van der Waals surface area contributed by atoms with Crippen LogP contribution in [0.4, 0.5) is 4.39 Å². The van der Waals surface area contributed by atoms with E-state index in [0.717, 1.165) is 24.8 Å². The van der Waals surface area contributed by atoms with Crippen LogP contribution in [0.3, 0.4) is 0 Å². The fourth-order valence-corrected chi connectivity index (χ4v) is 2.26. The average molecular weight is 208 g/mol. The third-order valence-corrected chi connectivity index (χ3v) is 3.26. The lowest BCUT2D eigenvalue weighted by molar-refractivity contribution is 0.129. The second kappa shape index (κ2) is 3.93. The molecule has 82 valence electrons. The predicted molar refractivity (Wildman–Crippen MR) is 58.1 cm³/mol. The third-order valence-electron chi connectivity index (χ3n) is 3.26. The molecule has 1 aromatic rings. The van der Waals surface area contributed by atoms with Crippen molar-refractivity contribution in [1.29, 1.82) is 0 Å². The Hall–Kier alpha value is -0.890. The largest absolute Gasteiger partial charge is 0.389 e. The average Bonchev–Trinajstić information content (AvgIpc) is 2.82. The van der Waals surface area contributed by atoms with Crippen molar-refractivity contribution in [3.05, 3.63) is 35.6 Å². The Morgan fingerprint density at radius 2 is 2.07 bits per heavy atom. The number of hydrogen-bond acceptors (Lipinski definition) is 1. The van der Waals surface area contributed by atoms with E-state index < -0.39 is 5.60 Å². The van der Waals surface area contributed by atoms with Gasteiger partial charge in [-0.1, -0.05) is 25.5 Å². The van der Waals surface area contributed by atoms with Crippen LogP contribution in [0.25, 0.3) is 0 Å². The van der Waals surface area contributed by atoms with Crippen molar-refractivity contribution in [2.24, 2.45) is 5.92 Å². The molecule has 1 aromatic carbocycles. The SMILES string of the molecule is CCCC1CC1(O)Cc1ccc(F)cc1. The van der Waals surface area contributed by atoms with Gasteiger partial charge in [-0.3, -0.25) is 0 Å². The van der Waals surface area contributed by atoms with Crippen molar-refractivity contribution in [2.75, 3.05) is 0 Å². The van der Waals surface area contributed by atoms with Crippen LogP contribution in [0.1, 0.15) is 31.7 Å². The van der Waals surface area contributed by atoms with Gasteiger partial charge in [-0.05, 0) is 36.5 Å². The predicted octanol–water partition coefficient (Wildman–Crippen LogP) is 2.92. The molecule has 1 fully saturated rings. The van der Waals surface area contributed by atoms with Gasteiger partial charge in [0.05, 0.1) is 5.60 Å². The van der Waals surface area contributed by atoms with Gasteiger partial charge in [-0.2, -0.15) is 0 Å². The van der Waals surface area contributed by atoms with Crippen LogP contribution < -0.4 is 0 Å². The Kier molecular flexibility index (Phi) is 2.79. The maximum Gasteiger partial charge on any atom is 0.123 e. The van der Waals surface area contributed by atoms with Crippen molar-refractivity contribution in [1.82, 2.24) is 0 Å². The molecule has 0 radical (unpaired) electrons. The van der Waals surface area contributed by atoms with E-state index in [1.807, 2.05) is 0 Å². The van der Waals surface area contributed by atoms with Gasteiger partial charge < -0.3 is 5.11 Å². The van der Waals surface area contributed by atoms with Crippen LogP contribution in [-0.2, 0) is 6.42 Å². The minimum Gasteiger partial charge on any atom is -0.389 e. The summed E-state index contributed by atoms with van der Waals surface area (Å²) in [4.78, 5) is 0. The summed E-state index contributed by atoms with van der Waals surface area (Å²) in [6, 6.07) is 6.43. The molecule has 0 spiro atoms. The Balaban J connectivity index is 1.95. The minimum atomic E-state index is -0.506. The van der Waals surface area contributed by atoms with E-state index in [9.17, 15) is 9.50 Å². The second-order valence-corrected chi connectivity index (χ2v) is 4.60. The summed E-state index contributed by atoms with van der Waals surface area (Å²) in [6.45, 7) is 2.14. The Bertz CT molecular complexity index is 333. The van der Waals surface area contributed by atoms with Gasteiger partial charge in [0, 0.05) is 6.42 Å². The first-order valence-corrected chi connectivity index (χ1v) is 5.61. The summed E-state index contributed by atoms with van der Waals surface area (Å²) < 4.78 is 12.7. The van der Waals surface area contributed by atoms with E-state index in [2.05, 4.69) is 6.92 Å². The summed E-state index contributed by atoms with van der Waals surface area (Å²) in [6.07, 6.45) is 3.78. The molecule has 2 atom stereocenters. The van der Waals surface area contributed by atoms with Gasteiger partial charge in [0.15, 0.2) is 0 Å². The van der Waals surface area contributed by atoms with Gasteiger partial charge in [-0.15, -0.1) is 0 Å². The molecular formula is C13H17FO. The van der Waals surface area contributed by atoms with E-state index in [0.29, 0.717) is 12.3 Å². The zero-order chi connectivity index (χ0) is 10.9. The molecule has 15 heavy (non-hydrogen) atoms. The lowest BCUT2D eigenvalue weighted by Gasteiger charge is -2.10. The fraction of sp³-hybridized carbons (Fsp3) is 0.538. The Morgan fingerprint density at radius 3 is 2.67 bits per heavy atom. The number of halogens is 1. The quantitative estimate of drug-likeness (QED) is 0.806. The molecule has 1 N–H and O–H groups in total. The molecule has 1 aliphatic carbocycles. The highest BCUT2D eigenvalue weighted by Gasteiger charge is 2.51. The molecule has 0 heterocycles. The number of benzene rings is 1. The van der Waals surface area contributed by atoms with Gasteiger partial charge in [0.2, 0.25) is 0 Å². The minimum absolute atomic E-state index is 0.216. The van der Waals surface area contributed by atoms with Crippen molar-refractivity contribution in [3.8, 4) is 0 Å². The van der Waals surface area contributed by atoms with Gasteiger partial charge in [0.25, 0.3) is 0 Å². The van der Waals surface area contributed by atoms with E-state index in [4.69, 9.17) is 0 Å². The van der Waals surface area contributed by atoms with Crippen molar-refractivity contribution >= 4 is 0 Å². The Labute approximate surface area is 89.9 Å². The maximum absolute atomic E-state index is 12.7. The zero-order valence-corrected chi connectivity index (χ0v) is 9.04. The lowest BCUT2D eigenvalue weighted by atomic mass is 10.0. The molecule has 2 unspecified atom stereocenters. The van der Waals surface area contributed by atoms with Crippen molar-refractivity contribution in [2.45, 2.75) is 38.2 Å². The van der Waals surface area contributed by atoms with Crippen LogP contribution in [0.5, 0.6) is 0 Å². The third kappa shape index (κ3) is 2.37. The molecule has 2 rings (SSSR count). The molecule has 0 amide bonds. The molecule has 0 saturated heterocycles. The number of rotatable bonds is 4. The summed E-state index contributed by atoms with van der Waals surface area (Å²) >= 11 is 0. The van der Waals surface area contributed by atoms with E-state index in [1.54, 1.807) is 12.1 Å². The Morgan fingerprint density at radius 1 is 1.40 bits per heavy atom. The molecule has 2 heteroatoms. The summed E-state index contributed by atoms with van der Waals surface area (Å²) in [5, 5.41) is 10.1.